The Morgan fingerprint density at radius 3 is 2.45 bits per heavy atom. The van der Waals surface area contributed by atoms with Crippen molar-refractivity contribution < 1.29 is 14.7 Å². The molecule has 1 rings (SSSR count). The van der Waals surface area contributed by atoms with Crippen molar-refractivity contribution in [2.45, 2.75) is 40.2 Å². The van der Waals surface area contributed by atoms with Crippen LogP contribution in [-0.2, 0) is 9.59 Å². The van der Waals surface area contributed by atoms with Crippen molar-refractivity contribution in [2.24, 2.45) is 5.41 Å². The van der Waals surface area contributed by atoms with Crippen molar-refractivity contribution in [1.29, 1.82) is 0 Å². The molecule has 2 amide bonds. The van der Waals surface area contributed by atoms with E-state index in [0.717, 1.165) is 5.56 Å². The highest BCUT2D eigenvalue weighted by Crippen LogP contribution is 2.21. The predicted molar refractivity (Wildman–Crippen MR) is 87.9 cm³/mol. The average Bonchev–Trinajstić information content (AvgIpc) is 2.41. The zero-order valence-corrected chi connectivity index (χ0v) is 14.1. The van der Waals surface area contributed by atoms with Crippen LogP contribution in [0.4, 0.5) is 5.69 Å². The third-order valence-corrected chi connectivity index (χ3v) is 3.75. The second kappa shape index (κ2) is 7.61. The fourth-order valence-corrected chi connectivity index (χ4v) is 1.87. The lowest BCUT2D eigenvalue weighted by atomic mass is 9.87. The van der Waals surface area contributed by atoms with E-state index in [9.17, 15) is 14.7 Å². The molecule has 0 radical (unpaired) electrons. The highest BCUT2D eigenvalue weighted by atomic mass is 35.5. The minimum atomic E-state index is -0.759. The second-order valence-corrected chi connectivity index (χ2v) is 6.75. The molecule has 1 aromatic rings. The summed E-state index contributed by atoms with van der Waals surface area (Å²) in [5, 5.41) is 15.4. The van der Waals surface area contributed by atoms with Crippen LogP contribution in [-0.4, -0.2) is 29.6 Å². The summed E-state index contributed by atoms with van der Waals surface area (Å²) < 4.78 is 0. The molecule has 22 heavy (non-hydrogen) atoms. The fraction of sp³-hybridized carbons (Fsp3) is 0.500. The molecule has 0 bridgehead atoms. The number of hydrogen-bond donors (Lipinski definition) is 3. The standard InChI is InChI=1S/C16H23ClN2O3/c1-10-5-6-11(9-12(10)17)19-15(22)14(21)18-8-7-13(20)16(2,3)4/h5-6,9,13,20H,7-8H2,1-4H3,(H,18,21)(H,19,22). The lowest BCUT2D eigenvalue weighted by molar-refractivity contribution is -0.136. The van der Waals surface area contributed by atoms with E-state index < -0.39 is 17.9 Å². The molecule has 0 fully saturated rings. The van der Waals surface area contributed by atoms with E-state index in [1.807, 2.05) is 27.7 Å². The van der Waals surface area contributed by atoms with Crippen molar-refractivity contribution in [1.82, 2.24) is 5.32 Å². The highest BCUT2D eigenvalue weighted by Gasteiger charge is 2.22. The number of aliphatic hydroxyl groups excluding tert-OH is 1. The van der Waals surface area contributed by atoms with Gasteiger partial charge in [-0.1, -0.05) is 38.4 Å². The first-order chi connectivity index (χ1) is 10.1. The fourth-order valence-electron chi connectivity index (χ4n) is 1.69. The van der Waals surface area contributed by atoms with E-state index in [0.29, 0.717) is 17.1 Å². The maximum absolute atomic E-state index is 11.8. The van der Waals surface area contributed by atoms with Crippen LogP contribution in [0.15, 0.2) is 18.2 Å². The third kappa shape index (κ3) is 5.66. The van der Waals surface area contributed by atoms with Crippen LogP contribution in [0.5, 0.6) is 0 Å². The maximum atomic E-state index is 11.8. The van der Waals surface area contributed by atoms with Crippen molar-refractivity contribution >= 4 is 29.1 Å². The SMILES string of the molecule is Cc1ccc(NC(=O)C(=O)NCCC(O)C(C)(C)C)cc1Cl. The molecule has 0 aliphatic heterocycles. The Labute approximate surface area is 136 Å². The minimum absolute atomic E-state index is 0.235. The number of aliphatic hydroxyl groups is 1. The molecule has 1 aromatic carbocycles. The van der Waals surface area contributed by atoms with Gasteiger partial charge in [0.25, 0.3) is 0 Å². The molecule has 1 unspecified atom stereocenters. The number of benzene rings is 1. The molecule has 5 nitrogen and oxygen atoms in total. The lowest BCUT2D eigenvalue weighted by Crippen LogP contribution is -2.38. The van der Waals surface area contributed by atoms with Gasteiger partial charge in [-0.05, 0) is 36.5 Å². The van der Waals surface area contributed by atoms with Crippen LogP contribution in [0, 0.1) is 12.3 Å². The van der Waals surface area contributed by atoms with E-state index in [4.69, 9.17) is 11.6 Å². The van der Waals surface area contributed by atoms with Gasteiger partial charge in [0.1, 0.15) is 0 Å². The molecule has 0 aromatic heterocycles. The smallest absolute Gasteiger partial charge is 0.313 e. The van der Waals surface area contributed by atoms with Gasteiger partial charge in [-0.2, -0.15) is 0 Å². The Morgan fingerprint density at radius 1 is 1.27 bits per heavy atom. The summed E-state index contributed by atoms with van der Waals surface area (Å²) in [5.74, 6) is -1.50. The third-order valence-electron chi connectivity index (χ3n) is 3.34. The molecule has 0 aliphatic carbocycles. The summed E-state index contributed by atoms with van der Waals surface area (Å²) in [4.78, 5) is 23.4. The number of halogens is 1. The quantitative estimate of drug-likeness (QED) is 0.744. The Hall–Kier alpha value is -1.59. The normalized spacial score (nSPS) is 12.6. The zero-order chi connectivity index (χ0) is 16.9. The molecule has 0 saturated heterocycles. The van der Waals surface area contributed by atoms with E-state index in [1.165, 1.54) is 0 Å². The van der Waals surface area contributed by atoms with Crippen molar-refractivity contribution in [2.75, 3.05) is 11.9 Å². The topological polar surface area (TPSA) is 78.4 Å². The number of carbonyl (C=O) groups is 2. The number of amides is 2. The first-order valence-electron chi connectivity index (χ1n) is 7.14. The van der Waals surface area contributed by atoms with Gasteiger partial charge in [-0.15, -0.1) is 0 Å². The molecule has 0 heterocycles. The predicted octanol–water partition coefficient (Wildman–Crippen LogP) is 2.50. The number of aryl methyl sites for hydroxylation is 1. The van der Waals surface area contributed by atoms with E-state index in [-0.39, 0.29) is 12.0 Å². The highest BCUT2D eigenvalue weighted by molar-refractivity contribution is 6.39. The summed E-state index contributed by atoms with van der Waals surface area (Å²) >= 11 is 5.96. The number of hydrogen-bond acceptors (Lipinski definition) is 3. The van der Waals surface area contributed by atoms with Crippen molar-refractivity contribution in [3.05, 3.63) is 28.8 Å². The molecule has 0 saturated carbocycles. The molecular formula is C16H23ClN2O3. The van der Waals surface area contributed by atoms with Gasteiger partial charge in [0.05, 0.1) is 6.10 Å². The van der Waals surface area contributed by atoms with E-state index in [1.54, 1.807) is 18.2 Å². The molecule has 122 valence electrons. The molecule has 6 heteroatoms. The number of carbonyl (C=O) groups excluding carboxylic acids is 2. The number of nitrogens with one attached hydrogen (secondary N) is 2. The Morgan fingerprint density at radius 2 is 1.91 bits per heavy atom. The van der Waals surface area contributed by atoms with Gasteiger partial charge in [-0.25, -0.2) is 0 Å². The van der Waals surface area contributed by atoms with Gasteiger partial charge in [0.15, 0.2) is 0 Å². The minimum Gasteiger partial charge on any atom is -0.393 e. The van der Waals surface area contributed by atoms with Crippen LogP contribution in [0.25, 0.3) is 0 Å². The summed E-state index contributed by atoms with van der Waals surface area (Å²) in [6, 6.07) is 5.02. The Balaban J connectivity index is 2.45. The van der Waals surface area contributed by atoms with Gasteiger partial charge in [0, 0.05) is 17.3 Å². The number of anilines is 1. The first kappa shape index (κ1) is 18.5. The number of rotatable bonds is 4. The van der Waals surface area contributed by atoms with Crippen molar-refractivity contribution in [3.63, 3.8) is 0 Å². The molecule has 0 spiro atoms. The van der Waals surface area contributed by atoms with Gasteiger partial charge >= 0.3 is 11.8 Å². The van der Waals surface area contributed by atoms with E-state index >= 15 is 0 Å². The van der Waals surface area contributed by atoms with Crippen molar-refractivity contribution in [3.8, 4) is 0 Å². The molecule has 0 aliphatic rings. The Bertz CT molecular complexity index is 553. The average molecular weight is 327 g/mol. The largest absolute Gasteiger partial charge is 0.393 e. The second-order valence-electron chi connectivity index (χ2n) is 6.34. The van der Waals surface area contributed by atoms with Crippen LogP contribution < -0.4 is 10.6 Å². The molecular weight excluding hydrogens is 304 g/mol. The summed E-state index contributed by atoms with van der Waals surface area (Å²) in [6.07, 6.45) is -0.162. The lowest BCUT2D eigenvalue weighted by Gasteiger charge is -2.25. The summed E-state index contributed by atoms with van der Waals surface area (Å²) in [5.41, 5.74) is 1.09. The monoisotopic (exact) mass is 326 g/mol. The Kier molecular flexibility index (Phi) is 6.38. The maximum Gasteiger partial charge on any atom is 0.313 e. The first-order valence-corrected chi connectivity index (χ1v) is 7.52. The van der Waals surface area contributed by atoms with Crippen LogP contribution in [0.3, 0.4) is 0 Å². The summed E-state index contributed by atoms with van der Waals surface area (Å²) in [7, 11) is 0. The van der Waals surface area contributed by atoms with E-state index in [2.05, 4.69) is 10.6 Å². The van der Waals surface area contributed by atoms with Crippen LogP contribution in [0.1, 0.15) is 32.8 Å². The van der Waals surface area contributed by atoms with Crippen LogP contribution >= 0.6 is 11.6 Å². The molecule has 1 atom stereocenters. The van der Waals surface area contributed by atoms with Gasteiger partial charge in [0.2, 0.25) is 0 Å². The van der Waals surface area contributed by atoms with Gasteiger partial charge < -0.3 is 15.7 Å². The zero-order valence-electron chi connectivity index (χ0n) is 13.4. The molecule has 3 N–H and O–H groups in total. The van der Waals surface area contributed by atoms with Gasteiger partial charge in [-0.3, -0.25) is 9.59 Å². The summed E-state index contributed by atoms with van der Waals surface area (Å²) in [6.45, 7) is 7.81. The van der Waals surface area contributed by atoms with Crippen LogP contribution in [0.2, 0.25) is 5.02 Å².